The third-order valence-corrected chi connectivity index (χ3v) is 7.27. The van der Waals surface area contributed by atoms with E-state index in [9.17, 15) is 9.59 Å². The number of ether oxygens (including phenoxy) is 2. The van der Waals surface area contributed by atoms with Crippen LogP contribution in [0.1, 0.15) is 41.9 Å². The number of hydrogen-bond acceptors (Lipinski definition) is 6. The molecule has 1 amide bonds. The fourth-order valence-corrected chi connectivity index (χ4v) is 4.93. The summed E-state index contributed by atoms with van der Waals surface area (Å²) in [6.07, 6.45) is 0.843. The second kappa shape index (κ2) is 9.95. The van der Waals surface area contributed by atoms with Gasteiger partial charge in [0.15, 0.2) is 0 Å². The summed E-state index contributed by atoms with van der Waals surface area (Å²) in [6.45, 7) is 4.31. The minimum absolute atomic E-state index is 0.369. The molecular weight excluding hydrogens is 472 g/mol. The van der Waals surface area contributed by atoms with E-state index in [0.717, 1.165) is 45.5 Å². The van der Waals surface area contributed by atoms with Crippen molar-refractivity contribution < 1.29 is 19.1 Å². The lowest BCUT2D eigenvalue weighted by molar-refractivity contribution is -0.136. The Morgan fingerprint density at radius 1 is 0.972 bits per heavy atom. The number of benzene rings is 3. The van der Waals surface area contributed by atoms with Crippen molar-refractivity contribution in [2.45, 2.75) is 38.4 Å². The highest BCUT2D eigenvalue weighted by Gasteiger charge is 2.46. The number of carbonyl (C=O) groups is 2. The highest BCUT2D eigenvalue weighted by Crippen LogP contribution is 2.49. The number of nitrogens with one attached hydrogen (secondary N) is 1. The molecule has 1 heterocycles. The highest BCUT2D eigenvalue weighted by molar-refractivity contribution is 7.06. The third kappa shape index (κ3) is 4.88. The van der Waals surface area contributed by atoms with Gasteiger partial charge in [0.05, 0.1) is 5.69 Å². The zero-order valence-electron chi connectivity index (χ0n) is 20.1. The van der Waals surface area contributed by atoms with Gasteiger partial charge in [0, 0.05) is 10.4 Å². The predicted molar refractivity (Wildman–Crippen MR) is 141 cm³/mol. The summed E-state index contributed by atoms with van der Waals surface area (Å²) in [7, 11) is 0. The van der Waals surface area contributed by atoms with E-state index in [0.29, 0.717) is 17.9 Å². The number of amides is 1. The Balaban J connectivity index is 1.29. The van der Waals surface area contributed by atoms with Crippen molar-refractivity contribution in [2.24, 2.45) is 0 Å². The molecule has 36 heavy (non-hydrogen) atoms. The zero-order valence-corrected chi connectivity index (χ0v) is 20.9. The maximum atomic E-state index is 12.6. The van der Waals surface area contributed by atoms with Gasteiger partial charge < -0.3 is 9.47 Å². The predicted octanol–water partition coefficient (Wildman–Crippen LogP) is 7.26. The standard InChI is InChI=1S/C29H26N2O4S/c1-19(21-6-4-3-5-7-21)35-28(33)30-26-20(2)36-31-27(26)24-10-8-22(9-11-24)23-12-14-25(15-13-23)29(16-17-29)34-18-32/h3-15,18-19H,16-17H2,1-2H3,(H,30,33)/t19-/m1/s1. The number of nitrogens with zero attached hydrogens (tertiary/aromatic N) is 1. The zero-order chi connectivity index (χ0) is 25.1. The van der Waals surface area contributed by atoms with Crippen molar-refractivity contribution in [3.8, 4) is 22.4 Å². The Labute approximate surface area is 214 Å². The second-order valence-corrected chi connectivity index (χ2v) is 9.89. The Hall–Kier alpha value is -3.97. The number of hydrogen-bond donors (Lipinski definition) is 1. The van der Waals surface area contributed by atoms with Crippen LogP contribution in [-0.4, -0.2) is 16.9 Å². The van der Waals surface area contributed by atoms with E-state index >= 15 is 0 Å². The van der Waals surface area contributed by atoms with Gasteiger partial charge in [0.1, 0.15) is 17.4 Å². The Kier molecular flexibility index (Phi) is 6.57. The van der Waals surface area contributed by atoms with E-state index in [-0.39, 0.29) is 6.10 Å². The molecule has 7 heteroatoms. The molecule has 0 radical (unpaired) electrons. The van der Waals surface area contributed by atoms with Gasteiger partial charge in [-0.2, -0.15) is 4.37 Å². The van der Waals surface area contributed by atoms with Gasteiger partial charge in [0.2, 0.25) is 0 Å². The highest BCUT2D eigenvalue weighted by atomic mass is 32.1. The average molecular weight is 499 g/mol. The monoisotopic (exact) mass is 498 g/mol. The van der Waals surface area contributed by atoms with Crippen molar-refractivity contribution in [3.63, 3.8) is 0 Å². The number of rotatable bonds is 8. The van der Waals surface area contributed by atoms with Crippen LogP contribution in [0, 0.1) is 6.92 Å². The first-order chi connectivity index (χ1) is 17.5. The van der Waals surface area contributed by atoms with Crippen LogP contribution >= 0.6 is 11.5 Å². The summed E-state index contributed by atoms with van der Waals surface area (Å²) >= 11 is 1.34. The van der Waals surface area contributed by atoms with Gasteiger partial charge in [-0.15, -0.1) is 0 Å². The van der Waals surface area contributed by atoms with E-state index in [1.807, 2.05) is 92.7 Å². The summed E-state index contributed by atoms with van der Waals surface area (Å²) in [5.74, 6) is 0. The van der Waals surface area contributed by atoms with Crippen LogP contribution in [0.15, 0.2) is 78.9 Å². The fourth-order valence-electron chi connectivity index (χ4n) is 4.27. The van der Waals surface area contributed by atoms with Crippen molar-refractivity contribution in [1.82, 2.24) is 4.37 Å². The average Bonchev–Trinajstić information content (AvgIpc) is 3.61. The largest absolute Gasteiger partial charge is 0.456 e. The minimum atomic E-state index is -0.514. The molecule has 0 spiro atoms. The molecule has 1 aliphatic carbocycles. The first-order valence-electron chi connectivity index (χ1n) is 11.8. The molecule has 5 rings (SSSR count). The van der Waals surface area contributed by atoms with Crippen LogP contribution in [-0.2, 0) is 19.9 Å². The topological polar surface area (TPSA) is 77.5 Å². The molecule has 1 aromatic heterocycles. The van der Waals surface area contributed by atoms with Crippen LogP contribution in [0.4, 0.5) is 10.5 Å². The van der Waals surface area contributed by atoms with Crippen LogP contribution in [0.2, 0.25) is 0 Å². The van der Waals surface area contributed by atoms with Gasteiger partial charge in [-0.1, -0.05) is 78.9 Å². The van der Waals surface area contributed by atoms with E-state index in [1.54, 1.807) is 0 Å². The molecule has 1 atom stereocenters. The fraction of sp³-hybridized carbons (Fsp3) is 0.207. The van der Waals surface area contributed by atoms with Crippen LogP contribution in [0.5, 0.6) is 0 Å². The first kappa shape index (κ1) is 23.8. The van der Waals surface area contributed by atoms with E-state index < -0.39 is 11.7 Å². The Bertz CT molecular complexity index is 1360. The maximum absolute atomic E-state index is 12.6. The quantitative estimate of drug-likeness (QED) is 0.259. The van der Waals surface area contributed by atoms with Crippen LogP contribution in [0.3, 0.4) is 0 Å². The third-order valence-electron chi connectivity index (χ3n) is 6.52. The minimum Gasteiger partial charge on any atom is -0.456 e. The molecular formula is C29H26N2O4S. The number of aryl methyl sites for hydroxylation is 1. The van der Waals surface area contributed by atoms with Gasteiger partial charge in [0.25, 0.3) is 6.47 Å². The SMILES string of the molecule is Cc1snc(-c2ccc(-c3ccc(C4(OC=O)CC4)cc3)cc2)c1NC(=O)O[C@H](C)c1ccccc1. The van der Waals surface area contributed by atoms with Crippen LogP contribution in [0.25, 0.3) is 22.4 Å². The lowest BCUT2D eigenvalue weighted by Gasteiger charge is -2.15. The van der Waals surface area contributed by atoms with Crippen molar-refractivity contribution in [1.29, 1.82) is 0 Å². The normalized spacial score (nSPS) is 14.5. The molecule has 0 aliphatic heterocycles. The van der Waals surface area contributed by atoms with Crippen molar-refractivity contribution >= 4 is 29.8 Å². The molecule has 0 unspecified atom stereocenters. The lowest BCUT2D eigenvalue weighted by Crippen LogP contribution is -2.16. The number of carbonyl (C=O) groups excluding carboxylic acids is 2. The van der Waals surface area contributed by atoms with E-state index in [1.165, 1.54) is 11.5 Å². The first-order valence-corrected chi connectivity index (χ1v) is 12.6. The van der Waals surface area contributed by atoms with Gasteiger partial charge in [-0.25, -0.2) is 4.79 Å². The van der Waals surface area contributed by atoms with Gasteiger partial charge in [-0.3, -0.25) is 10.1 Å². The molecule has 6 nitrogen and oxygen atoms in total. The molecule has 1 fully saturated rings. The second-order valence-electron chi connectivity index (χ2n) is 8.91. The van der Waals surface area contributed by atoms with Crippen molar-refractivity contribution in [2.75, 3.05) is 5.32 Å². The smallest absolute Gasteiger partial charge is 0.412 e. The van der Waals surface area contributed by atoms with Gasteiger partial charge in [-0.05, 0) is 60.5 Å². The summed E-state index contributed by atoms with van der Waals surface area (Å²) < 4.78 is 15.5. The molecule has 0 saturated heterocycles. The van der Waals surface area contributed by atoms with E-state index in [4.69, 9.17) is 9.47 Å². The number of anilines is 1. The lowest BCUT2D eigenvalue weighted by atomic mass is 9.99. The molecule has 4 aromatic rings. The van der Waals surface area contributed by atoms with E-state index in [2.05, 4.69) is 9.69 Å². The van der Waals surface area contributed by atoms with Crippen molar-refractivity contribution in [3.05, 3.63) is 94.9 Å². The molecule has 1 aliphatic rings. The summed E-state index contributed by atoms with van der Waals surface area (Å²) in [6, 6.07) is 25.8. The van der Waals surface area contributed by atoms with Gasteiger partial charge >= 0.3 is 6.09 Å². The maximum Gasteiger partial charge on any atom is 0.412 e. The summed E-state index contributed by atoms with van der Waals surface area (Å²) in [5, 5.41) is 2.89. The number of aromatic nitrogens is 1. The summed E-state index contributed by atoms with van der Waals surface area (Å²) in [5.41, 5.74) is 5.93. The summed E-state index contributed by atoms with van der Waals surface area (Å²) in [4.78, 5) is 24.3. The molecule has 3 aromatic carbocycles. The Morgan fingerprint density at radius 3 is 2.19 bits per heavy atom. The molecule has 182 valence electrons. The Morgan fingerprint density at radius 2 is 1.58 bits per heavy atom. The molecule has 1 saturated carbocycles. The van der Waals surface area contributed by atoms with Crippen LogP contribution < -0.4 is 5.32 Å². The molecule has 0 bridgehead atoms. The molecule has 1 N–H and O–H groups in total.